The van der Waals surface area contributed by atoms with E-state index in [4.69, 9.17) is 5.10 Å². The topological polar surface area (TPSA) is 81.1 Å². The van der Waals surface area contributed by atoms with Crippen LogP contribution in [0.2, 0.25) is 0 Å². The Bertz CT molecular complexity index is 1350. The van der Waals surface area contributed by atoms with Gasteiger partial charge < -0.3 is 5.32 Å². The summed E-state index contributed by atoms with van der Waals surface area (Å²) in [5.41, 5.74) is 3.84. The molecule has 0 aliphatic heterocycles. The zero-order chi connectivity index (χ0) is 23.3. The summed E-state index contributed by atoms with van der Waals surface area (Å²) in [7, 11) is -3.52. The average Bonchev–Trinajstić information content (AvgIpc) is 3.26. The predicted octanol–water partition coefficient (Wildman–Crippen LogP) is 4.32. The van der Waals surface area contributed by atoms with Gasteiger partial charge in [0.1, 0.15) is 0 Å². The molecule has 0 spiro atoms. The SMILES string of the molecule is CCS(=O)(=O)c1ccccc1C(=O)NCc1cn(Cc2ccccc2)nc1-c1ccccc1. The highest BCUT2D eigenvalue weighted by atomic mass is 32.2. The Balaban J connectivity index is 1.61. The summed E-state index contributed by atoms with van der Waals surface area (Å²) < 4.78 is 26.7. The summed E-state index contributed by atoms with van der Waals surface area (Å²) in [6.07, 6.45) is 1.92. The van der Waals surface area contributed by atoms with Crippen LogP contribution in [0.15, 0.2) is 96.0 Å². The van der Waals surface area contributed by atoms with Crippen LogP contribution < -0.4 is 5.32 Å². The molecule has 0 saturated heterocycles. The van der Waals surface area contributed by atoms with Crippen molar-refractivity contribution in [3.8, 4) is 11.3 Å². The molecule has 3 aromatic carbocycles. The van der Waals surface area contributed by atoms with E-state index < -0.39 is 15.7 Å². The number of amides is 1. The van der Waals surface area contributed by atoms with Crippen LogP contribution >= 0.6 is 0 Å². The van der Waals surface area contributed by atoms with E-state index in [2.05, 4.69) is 5.32 Å². The molecule has 168 valence electrons. The minimum absolute atomic E-state index is 0.0491. The Morgan fingerprint density at radius 3 is 2.24 bits per heavy atom. The van der Waals surface area contributed by atoms with Crippen molar-refractivity contribution in [1.29, 1.82) is 0 Å². The van der Waals surface area contributed by atoms with Crippen molar-refractivity contribution >= 4 is 15.7 Å². The van der Waals surface area contributed by atoms with Crippen LogP contribution in [0, 0.1) is 0 Å². The number of carbonyl (C=O) groups excluding carboxylic acids is 1. The van der Waals surface area contributed by atoms with Crippen LogP contribution in [-0.2, 0) is 22.9 Å². The normalized spacial score (nSPS) is 11.3. The van der Waals surface area contributed by atoms with E-state index >= 15 is 0 Å². The number of aromatic nitrogens is 2. The smallest absolute Gasteiger partial charge is 0.252 e. The Kier molecular flexibility index (Phi) is 6.70. The highest BCUT2D eigenvalue weighted by Gasteiger charge is 2.21. The molecule has 0 aliphatic rings. The molecule has 0 bridgehead atoms. The molecule has 0 saturated carbocycles. The van der Waals surface area contributed by atoms with Crippen LogP contribution in [0.5, 0.6) is 0 Å². The summed E-state index contributed by atoms with van der Waals surface area (Å²) in [5, 5.41) is 7.65. The average molecular weight is 460 g/mol. The third-order valence-electron chi connectivity index (χ3n) is 5.36. The lowest BCUT2D eigenvalue weighted by Crippen LogP contribution is -2.25. The lowest BCUT2D eigenvalue weighted by atomic mass is 10.1. The molecule has 0 fully saturated rings. The zero-order valence-electron chi connectivity index (χ0n) is 18.3. The highest BCUT2D eigenvalue weighted by molar-refractivity contribution is 7.91. The first kappa shape index (κ1) is 22.5. The molecule has 0 aliphatic carbocycles. The summed E-state index contributed by atoms with van der Waals surface area (Å²) in [6, 6.07) is 26.1. The van der Waals surface area contributed by atoms with E-state index in [1.54, 1.807) is 19.1 Å². The number of hydrogen-bond donors (Lipinski definition) is 1. The van der Waals surface area contributed by atoms with Crippen LogP contribution in [0.3, 0.4) is 0 Å². The van der Waals surface area contributed by atoms with Gasteiger partial charge in [0.15, 0.2) is 9.84 Å². The van der Waals surface area contributed by atoms with Crippen molar-refractivity contribution in [3.05, 3.63) is 108 Å². The largest absolute Gasteiger partial charge is 0.348 e. The maximum Gasteiger partial charge on any atom is 0.252 e. The maximum absolute atomic E-state index is 12.9. The number of benzene rings is 3. The predicted molar refractivity (Wildman–Crippen MR) is 129 cm³/mol. The van der Waals surface area contributed by atoms with Crippen molar-refractivity contribution in [1.82, 2.24) is 15.1 Å². The lowest BCUT2D eigenvalue weighted by molar-refractivity contribution is 0.0947. The Labute approximate surface area is 193 Å². The van der Waals surface area contributed by atoms with Gasteiger partial charge in [-0.05, 0) is 17.7 Å². The maximum atomic E-state index is 12.9. The Morgan fingerprint density at radius 1 is 0.909 bits per heavy atom. The molecule has 4 aromatic rings. The summed E-state index contributed by atoms with van der Waals surface area (Å²) in [5.74, 6) is -0.501. The lowest BCUT2D eigenvalue weighted by Gasteiger charge is -2.10. The van der Waals surface area contributed by atoms with E-state index in [0.29, 0.717) is 6.54 Å². The van der Waals surface area contributed by atoms with Crippen molar-refractivity contribution in [2.45, 2.75) is 24.9 Å². The number of rotatable bonds is 8. The second kappa shape index (κ2) is 9.83. The van der Waals surface area contributed by atoms with Crippen molar-refractivity contribution < 1.29 is 13.2 Å². The molecule has 1 N–H and O–H groups in total. The first-order valence-electron chi connectivity index (χ1n) is 10.7. The Morgan fingerprint density at radius 2 is 1.55 bits per heavy atom. The molecule has 1 heterocycles. The summed E-state index contributed by atoms with van der Waals surface area (Å²) >= 11 is 0. The number of hydrogen-bond acceptors (Lipinski definition) is 4. The number of sulfone groups is 1. The van der Waals surface area contributed by atoms with E-state index in [1.165, 1.54) is 12.1 Å². The summed E-state index contributed by atoms with van der Waals surface area (Å²) in [4.78, 5) is 13.0. The van der Waals surface area contributed by atoms with Crippen LogP contribution in [0.4, 0.5) is 0 Å². The fraction of sp³-hybridized carbons (Fsp3) is 0.154. The van der Waals surface area contributed by atoms with Crippen LogP contribution in [0.1, 0.15) is 28.4 Å². The molecule has 0 atom stereocenters. The number of carbonyl (C=O) groups is 1. The van der Waals surface area contributed by atoms with Gasteiger partial charge >= 0.3 is 0 Å². The van der Waals surface area contributed by atoms with Crippen molar-refractivity contribution in [2.75, 3.05) is 5.75 Å². The fourth-order valence-corrected chi connectivity index (χ4v) is 4.73. The van der Waals surface area contributed by atoms with Crippen LogP contribution in [0.25, 0.3) is 11.3 Å². The van der Waals surface area contributed by atoms with Gasteiger partial charge in [-0.25, -0.2) is 8.42 Å². The van der Waals surface area contributed by atoms with Gasteiger partial charge in [0, 0.05) is 23.9 Å². The minimum atomic E-state index is -3.52. The van der Waals surface area contributed by atoms with Crippen LogP contribution in [-0.4, -0.2) is 29.9 Å². The highest BCUT2D eigenvalue weighted by Crippen LogP contribution is 2.23. The molecular formula is C26H25N3O3S. The molecule has 0 unspecified atom stereocenters. The third-order valence-corrected chi connectivity index (χ3v) is 7.14. The second-order valence-electron chi connectivity index (χ2n) is 7.63. The fourth-order valence-electron chi connectivity index (χ4n) is 3.63. The van der Waals surface area contributed by atoms with Crippen molar-refractivity contribution in [2.24, 2.45) is 0 Å². The van der Waals surface area contributed by atoms with E-state index in [9.17, 15) is 13.2 Å². The van der Waals surface area contributed by atoms with Crippen molar-refractivity contribution in [3.63, 3.8) is 0 Å². The quantitative estimate of drug-likeness (QED) is 0.425. The standard InChI is InChI=1S/C26H25N3O3S/c1-2-33(31,32)24-16-10-9-15-23(24)26(30)27-17-22-19-29(18-20-11-5-3-6-12-20)28-25(22)21-13-7-4-8-14-21/h3-16,19H,2,17-18H2,1H3,(H,27,30). The van der Waals surface area contributed by atoms with Gasteiger partial charge in [-0.2, -0.15) is 5.10 Å². The third kappa shape index (κ3) is 5.21. The zero-order valence-corrected chi connectivity index (χ0v) is 19.1. The van der Waals surface area contributed by atoms with Gasteiger partial charge in [0.2, 0.25) is 0 Å². The molecular weight excluding hydrogens is 434 g/mol. The molecule has 7 heteroatoms. The first-order chi connectivity index (χ1) is 16.0. The Hall–Kier alpha value is -3.71. The monoisotopic (exact) mass is 459 g/mol. The van der Waals surface area contributed by atoms with Gasteiger partial charge in [-0.1, -0.05) is 79.7 Å². The molecule has 1 aromatic heterocycles. The van der Waals surface area contributed by atoms with E-state index in [1.807, 2.05) is 71.5 Å². The van der Waals surface area contributed by atoms with E-state index in [0.717, 1.165) is 22.4 Å². The first-order valence-corrected chi connectivity index (χ1v) is 12.4. The van der Waals surface area contributed by atoms with Gasteiger partial charge in [-0.3, -0.25) is 9.48 Å². The molecule has 33 heavy (non-hydrogen) atoms. The van der Waals surface area contributed by atoms with Gasteiger partial charge in [-0.15, -0.1) is 0 Å². The second-order valence-corrected chi connectivity index (χ2v) is 9.88. The van der Waals surface area contributed by atoms with Gasteiger partial charge in [0.05, 0.1) is 28.5 Å². The number of nitrogens with one attached hydrogen (secondary N) is 1. The summed E-state index contributed by atoms with van der Waals surface area (Å²) in [6.45, 7) is 2.39. The minimum Gasteiger partial charge on any atom is -0.348 e. The molecule has 4 rings (SSSR count). The van der Waals surface area contributed by atoms with E-state index in [-0.39, 0.29) is 22.8 Å². The molecule has 1 amide bonds. The van der Waals surface area contributed by atoms with Gasteiger partial charge in [0.25, 0.3) is 5.91 Å². The molecule has 0 radical (unpaired) electrons. The molecule has 6 nitrogen and oxygen atoms in total. The number of nitrogens with zero attached hydrogens (tertiary/aromatic N) is 2.